The van der Waals surface area contributed by atoms with Gasteiger partial charge in [0.05, 0.1) is 0 Å². The molecule has 1 unspecified atom stereocenters. The number of aromatic nitrogens is 3. The number of thioether (sulfide) groups is 2. The average Bonchev–Trinajstić information content (AvgIpc) is 3.57. The van der Waals surface area contributed by atoms with E-state index in [-0.39, 0.29) is 29.0 Å². The largest absolute Gasteiger partial charge is 0.448 e. The lowest BCUT2D eigenvalue weighted by Gasteiger charge is -2.49. The van der Waals surface area contributed by atoms with Crippen molar-refractivity contribution in [2.24, 2.45) is 5.16 Å². The smallest absolute Gasteiger partial charge is 0.356 e. The number of benzene rings is 2. The van der Waals surface area contributed by atoms with E-state index in [9.17, 15) is 14.4 Å². The van der Waals surface area contributed by atoms with Crippen molar-refractivity contribution >= 4 is 69.8 Å². The van der Waals surface area contributed by atoms with Gasteiger partial charge in [-0.1, -0.05) is 71.9 Å². The number of hydrogen-bond acceptors (Lipinski definition) is 13. The second-order valence-corrected chi connectivity index (χ2v) is 13.4. The maximum absolute atomic E-state index is 14.2. The van der Waals surface area contributed by atoms with E-state index < -0.39 is 35.3 Å². The number of nitrogens with two attached hydrogens (primary N) is 1. The number of ether oxygens (including phenoxy) is 1. The molecule has 1 saturated heterocycles. The maximum atomic E-state index is 14.2. The summed E-state index contributed by atoms with van der Waals surface area (Å²) in [6.07, 6.45) is 4.68. The number of esters is 1. The average molecular weight is 714 g/mol. The quantitative estimate of drug-likeness (QED) is 0.0859. The summed E-state index contributed by atoms with van der Waals surface area (Å²) in [5.74, 6) is -0.926. The van der Waals surface area contributed by atoms with Crippen LogP contribution >= 0.6 is 35.1 Å². The number of β-lactam (4-membered cyclic amide) rings is 1. The molecule has 0 radical (unpaired) electrons. The van der Waals surface area contributed by atoms with Gasteiger partial charge in [-0.05, 0) is 46.7 Å². The Bertz CT molecular complexity index is 1850. The molecule has 250 valence electrons. The fraction of sp³-hybridized carbons (Fsp3) is 0.206. The molecule has 0 saturated carbocycles. The lowest BCUT2D eigenvalue weighted by atomic mass is 10.0. The number of fused-ring (bicyclic) bond motifs is 1. The Kier molecular flexibility index (Phi) is 11.0. The van der Waals surface area contributed by atoms with E-state index in [2.05, 4.69) is 24.8 Å². The van der Waals surface area contributed by atoms with Crippen LogP contribution in [-0.2, 0) is 24.0 Å². The molecule has 15 heteroatoms. The summed E-state index contributed by atoms with van der Waals surface area (Å²) in [6, 6.07) is 21.7. The van der Waals surface area contributed by atoms with Crippen molar-refractivity contribution in [1.29, 1.82) is 0 Å². The minimum atomic E-state index is -0.943. The molecule has 0 aliphatic carbocycles. The Hall–Kier alpha value is -4.99. The lowest BCUT2D eigenvalue weighted by molar-refractivity contribution is -0.154. The van der Waals surface area contributed by atoms with Crippen molar-refractivity contribution < 1.29 is 24.0 Å². The number of oxime groups is 1. The van der Waals surface area contributed by atoms with Gasteiger partial charge in [0, 0.05) is 35.4 Å². The minimum absolute atomic E-state index is 0.0101. The van der Waals surface area contributed by atoms with Crippen LogP contribution in [0.2, 0.25) is 0 Å². The first-order chi connectivity index (χ1) is 23.9. The van der Waals surface area contributed by atoms with E-state index in [0.29, 0.717) is 11.5 Å². The van der Waals surface area contributed by atoms with Crippen LogP contribution in [-0.4, -0.2) is 72.3 Å². The molecule has 49 heavy (non-hydrogen) atoms. The summed E-state index contributed by atoms with van der Waals surface area (Å²) in [5, 5.41) is 8.14. The molecule has 2 aromatic heterocycles. The number of nitrogens with zero attached hydrogens (tertiary/aromatic N) is 5. The zero-order valence-electron chi connectivity index (χ0n) is 26.2. The number of carbonyl (C=O) groups is 3. The van der Waals surface area contributed by atoms with Crippen molar-refractivity contribution in [3.8, 4) is 0 Å². The second kappa shape index (κ2) is 15.9. The Morgan fingerprint density at radius 3 is 2.49 bits per heavy atom. The highest BCUT2D eigenvalue weighted by Gasteiger charge is 2.55. The van der Waals surface area contributed by atoms with E-state index in [1.54, 1.807) is 19.3 Å². The third-order valence-electron chi connectivity index (χ3n) is 7.41. The molecule has 3 N–H and O–H groups in total. The van der Waals surface area contributed by atoms with Crippen LogP contribution < -0.4 is 11.1 Å². The monoisotopic (exact) mass is 713 g/mol. The first-order valence-electron chi connectivity index (χ1n) is 15.2. The zero-order valence-corrected chi connectivity index (χ0v) is 28.6. The molecule has 2 atom stereocenters. The fourth-order valence-electron chi connectivity index (χ4n) is 5.13. The number of nitrogen functional groups attached to an aromatic ring is 1. The van der Waals surface area contributed by atoms with E-state index in [1.165, 1.54) is 28.4 Å². The van der Waals surface area contributed by atoms with E-state index >= 15 is 0 Å². The number of anilines is 1. The first-order valence-corrected chi connectivity index (χ1v) is 18.1. The summed E-state index contributed by atoms with van der Waals surface area (Å²) in [7, 11) is 0. The van der Waals surface area contributed by atoms with E-state index in [0.717, 1.165) is 33.8 Å². The van der Waals surface area contributed by atoms with Crippen LogP contribution in [0.5, 0.6) is 0 Å². The normalized spacial score (nSPS) is 17.6. The first kappa shape index (κ1) is 33.9. The van der Waals surface area contributed by atoms with Crippen LogP contribution in [0.15, 0.2) is 107 Å². The topological polar surface area (TPSA) is 162 Å². The van der Waals surface area contributed by atoms with Crippen molar-refractivity contribution in [1.82, 2.24) is 24.6 Å². The number of nitrogens with one attached hydrogen (secondary N) is 1. The Morgan fingerprint density at radius 1 is 1.12 bits per heavy atom. The van der Waals surface area contributed by atoms with Crippen LogP contribution in [0.4, 0.5) is 5.13 Å². The van der Waals surface area contributed by atoms with Gasteiger partial charge < -0.3 is 20.6 Å². The fourth-order valence-corrected chi connectivity index (χ4v) is 7.83. The number of carbonyl (C=O) groups excluding carboxylic acids is 3. The molecule has 4 heterocycles. The molecule has 6 rings (SSSR count). The van der Waals surface area contributed by atoms with Gasteiger partial charge in [-0.3, -0.25) is 19.5 Å². The highest BCUT2D eigenvalue weighted by Crippen LogP contribution is 2.42. The van der Waals surface area contributed by atoms with Crippen molar-refractivity contribution in [3.05, 3.63) is 124 Å². The predicted molar refractivity (Wildman–Crippen MR) is 191 cm³/mol. The number of rotatable bonds is 13. The van der Waals surface area contributed by atoms with Crippen LogP contribution in [0.3, 0.4) is 0 Å². The number of hydrogen-bond donors (Lipinski definition) is 2. The molecular weight excluding hydrogens is 683 g/mol. The number of amides is 2. The van der Waals surface area contributed by atoms with Gasteiger partial charge in [-0.15, -0.1) is 23.5 Å². The summed E-state index contributed by atoms with van der Waals surface area (Å²) in [5.41, 5.74) is 8.96. The van der Waals surface area contributed by atoms with E-state index in [1.807, 2.05) is 84.3 Å². The van der Waals surface area contributed by atoms with Crippen LogP contribution in [0.1, 0.15) is 35.5 Å². The second-order valence-electron chi connectivity index (χ2n) is 10.6. The van der Waals surface area contributed by atoms with Crippen molar-refractivity contribution in [2.45, 2.75) is 24.4 Å². The molecular formula is C34H31N7O5S3. The van der Waals surface area contributed by atoms with Gasteiger partial charge in [0.25, 0.3) is 11.8 Å². The van der Waals surface area contributed by atoms with Crippen molar-refractivity contribution in [2.75, 3.05) is 23.8 Å². The highest BCUT2D eigenvalue weighted by atomic mass is 32.2. The molecule has 2 aliphatic rings. The molecule has 2 aromatic carbocycles. The molecule has 0 bridgehead atoms. The van der Waals surface area contributed by atoms with E-state index in [4.69, 9.17) is 15.3 Å². The maximum Gasteiger partial charge on any atom is 0.356 e. The lowest BCUT2D eigenvalue weighted by Crippen LogP contribution is -2.71. The Morgan fingerprint density at radius 2 is 1.86 bits per heavy atom. The summed E-state index contributed by atoms with van der Waals surface area (Å²) >= 11 is 3.85. The molecule has 2 aliphatic heterocycles. The Labute approximate surface area is 295 Å². The van der Waals surface area contributed by atoms with Gasteiger partial charge in [-0.25, -0.2) is 4.79 Å². The zero-order chi connectivity index (χ0) is 34.2. The minimum Gasteiger partial charge on any atom is -0.448 e. The van der Waals surface area contributed by atoms with Gasteiger partial charge in [0.1, 0.15) is 23.7 Å². The van der Waals surface area contributed by atoms with Crippen molar-refractivity contribution in [3.63, 3.8) is 0 Å². The van der Waals surface area contributed by atoms with Crippen LogP contribution in [0, 0.1) is 0 Å². The summed E-state index contributed by atoms with van der Waals surface area (Å²) in [6.45, 7) is 1.91. The highest BCUT2D eigenvalue weighted by molar-refractivity contribution is 8.02. The van der Waals surface area contributed by atoms with Gasteiger partial charge >= 0.3 is 5.97 Å². The predicted octanol–water partition coefficient (Wildman–Crippen LogP) is 4.65. The molecule has 2 amide bonds. The third kappa shape index (κ3) is 7.85. The van der Waals surface area contributed by atoms with Gasteiger partial charge in [0.15, 0.2) is 11.2 Å². The third-order valence-corrected chi connectivity index (χ3v) is 10.1. The van der Waals surface area contributed by atoms with Gasteiger partial charge in [-0.2, -0.15) is 9.36 Å². The number of pyridine rings is 1. The Balaban J connectivity index is 1.27. The molecule has 4 aromatic rings. The summed E-state index contributed by atoms with van der Waals surface area (Å²) in [4.78, 5) is 56.2. The SMILES string of the molecule is CCON=C(C(=O)NC1C(=O)N2C(C(=O)OC(c3ccccc3)c3ccccc3)=C(CS/C=C\c3cccnc3)CS[C@H]12)c1nsc(N)n1. The molecule has 0 spiro atoms. The standard InChI is InChI=1S/C34H31N7O5S3/c1-2-45-39-25(29-38-34(35)49-40-29)30(42)37-26-31(43)41-27(24(20-48-32(26)41)19-47-17-15-21-10-9-16-36-18-21)33(44)46-28(22-11-5-3-6-12-22)23-13-7-4-8-14-23/h3-18,26,28,32H,2,19-20H2,1H3,(H,37,42)(H2,35,38,40)/b17-15-,39-25?/t26?,32-/m1/s1. The molecule has 1 fully saturated rings. The van der Waals surface area contributed by atoms with Crippen LogP contribution in [0.25, 0.3) is 6.08 Å². The summed E-state index contributed by atoms with van der Waals surface area (Å²) < 4.78 is 10.3. The van der Waals surface area contributed by atoms with Gasteiger partial charge in [0.2, 0.25) is 11.5 Å². The molecule has 12 nitrogen and oxygen atoms in total.